The molecule has 0 radical (unpaired) electrons. The predicted octanol–water partition coefficient (Wildman–Crippen LogP) is 2.12. The van der Waals surface area contributed by atoms with Crippen molar-refractivity contribution < 1.29 is 19.1 Å². The molecule has 4 nitrogen and oxygen atoms in total. The Balaban J connectivity index is 2.86. The Bertz CT molecular complexity index is 460. The molecule has 0 aromatic heterocycles. The number of benzene rings is 1. The quantitative estimate of drug-likeness (QED) is 0.844. The molecule has 1 rings (SSSR count). The molecule has 18 heavy (non-hydrogen) atoms. The number of aliphatic carboxylic acids is 1. The van der Waals surface area contributed by atoms with Crippen LogP contribution in [0.1, 0.15) is 35.7 Å². The van der Waals surface area contributed by atoms with Crippen molar-refractivity contribution in [2.75, 3.05) is 0 Å². The van der Waals surface area contributed by atoms with Crippen LogP contribution in [0.3, 0.4) is 0 Å². The third-order valence-corrected chi connectivity index (χ3v) is 2.63. The predicted molar refractivity (Wildman–Crippen MR) is 64.9 cm³/mol. The maximum atomic E-state index is 13.1. The second kappa shape index (κ2) is 6.14. The van der Waals surface area contributed by atoms with Gasteiger partial charge in [0.15, 0.2) is 0 Å². The highest BCUT2D eigenvalue weighted by molar-refractivity contribution is 5.97. The molecule has 1 aromatic carbocycles. The van der Waals surface area contributed by atoms with Gasteiger partial charge in [-0.05, 0) is 31.0 Å². The van der Waals surface area contributed by atoms with Crippen molar-refractivity contribution in [1.82, 2.24) is 5.32 Å². The Kier molecular flexibility index (Phi) is 4.83. The van der Waals surface area contributed by atoms with Crippen LogP contribution in [0.25, 0.3) is 0 Å². The van der Waals surface area contributed by atoms with Crippen molar-refractivity contribution >= 4 is 11.9 Å². The van der Waals surface area contributed by atoms with Gasteiger partial charge in [-0.3, -0.25) is 4.79 Å². The summed E-state index contributed by atoms with van der Waals surface area (Å²) in [7, 11) is 0. The second-order valence-electron chi connectivity index (χ2n) is 4.11. The van der Waals surface area contributed by atoms with E-state index < -0.39 is 23.7 Å². The molecule has 98 valence electrons. The molecule has 1 atom stereocenters. The molecule has 5 heteroatoms. The van der Waals surface area contributed by atoms with E-state index in [1.165, 1.54) is 12.1 Å². The fourth-order valence-electron chi connectivity index (χ4n) is 1.62. The summed E-state index contributed by atoms with van der Waals surface area (Å²) in [5.74, 6) is -2.17. The van der Waals surface area contributed by atoms with Crippen molar-refractivity contribution in [2.45, 2.75) is 32.7 Å². The van der Waals surface area contributed by atoms with Gasteiger partial charge in [0, 0.05) is 5.56 Å². The lowest BCUT2D eigenvalue weighted by molar-refractivity contribution is -0.139. The zero-order chi connectivity index (χ0) is 13.7. The normalized spacial score (nSPS) is 11.9. The number of hydrogen-bond acceptors (Lipinski definition) is 2. The van der Waals surface area contributed by atoms with Gasteiger partial charge in [0.1, 0.15) is 11.9 Å². The molecular weight excluding hydrogens is 237 g/mol. The lowest BCUT2D eigenvalue weighted by Crippen LogP contribution is -2.40. The molecule has 1 amide bonds. The summed E-state index contributed by atoms with van der Waals surface area (Å²) in [5.41, 5.74) is 0.770. The highest BCUT2D eigenvalue weighted by Gasteiger charge is 2.20. The maximum Gasteiger partial charge on any atom is 0.326 e. The number of carboxylic acids is 1. The Morgan fingerprint density at radius 2 is 2.11 bits per heavy atom. The van der Waals surface area contributed by atoms with E-state index in [9.17, 15) is 14.0 Å². The van der Waals surface area contributed by atoms with E-state index in [1.807, 2.05) is 6.92 Å². The number of amides is 1. The zero-order valence-corrected chi connectivity index (χ0v) is 10.4. The van der Waals surface area contributed by atoms with Crippen molar-refractivity contribution in [1.29, 1.82) is 0 Å². The zero-order valence-electron chi connectivity index (χ0n) is 10.4. The van der Waals surface area contributed by atoms with Crippen LogP contribution in [-0.4, -0.2) is 23.0 Å². The lowest BCUT2D eigenvalue weighted by atomic mass is 10.1. The van der Waals surface area contributed by atoms with Crippen LogP contribution in [0.5, 0.6) is 0 Å². The van der Waals surface area contributed by atoms with Gasteiger partial charge in [-0.15, -0.1) is 0 Å². The molecule has 0 fully saturated rings. The van der Waals surface area contributed by atoms with Crippen molar-refractivity contribution in [3.63, 3.8) is 0 Å². The Hall–Kier alpha value is -1.91. The number of carboxylic acid groups (broad SMARTS) is 1. The maximum absolute atomic E-state index is 13.1. The second-order valence-corrected chi connectivity index (χ2v) is 4.11. The van der Waals surface area contributed by atoms with Gasteiger partial charge >= 0.3 is 5.97 Å². The first-order valence-corrected chi connectivity index (χ1v) is 5.75. The fraction of sp³-hybridized carbons (Fsp3) is 0.385. The van der Waals surface area contributed by atoms with Crippen LogP contribution in [0.2, 0.25) is 0 Å². The first-order valence-electron chi connectivity index (χ1n) is 5.75. The summed E-state index contributed by atoms with van der Waals surface area (Å²) in [6, 6.07) is 2.91. The standard InChI is InChI=1S/C13H16FNO3/c1-3-4-11(13(17)18)15-12(16)10-7-9(14)6-5-8(10)2/h5-7,11H,3-4H2,1-2H3,(H,15,16)(H,17,18)/t11-/m0/s1. The molecule has 0 aliphatic carbocycles. The third kappa shape index (κ3) is 3.55. The summed E-state index contributed by atoms with van der Waals surface area (Å²) in [4.78, 5) is 22.8. The lowest BCUT2D eigenvalue weighted by Gasteiger charge is -2.14. The molecule has 1 aromatic rings. The summed E-state index contributed by atoms with van der Waals surface area (Å²) in [6.45, 7) is 3.50. The van der Waals surface area contributed by atoms with Crippen LogP contribution in [0.4, 0.5) is 4.39 Å². The minimum atomic E-state index is -1.08. The summed E-state index contributed by atoms with van der Waals surface area (Å²) < 4.78 is 13.1. The molecule has 0 saturated carbocycles. The Labute approximate surface area is 105 Å². The summed E-state index contributed by atoms with van der Waals surface area (Å²) in [6.07, 6.45) is 0.981. The van der Waals surface area contributed by atoms with Crippen molar-refractivity contribution in [3.05, 3.63) is 35.1 Å². The van der Waals surface area contributed by atoms with Crippen molar-refractivity contribution in [3.8, 4) is 0 Å². The molecule has 0 spiro atoms. The SMILES string of the molecule is CCC[C@H](NC(=O)c1cc(F)ccc1C)C(=O)O. The third-order valence-electron chi connectivity index (χ3n) is 2.63. The van der Waals surface area contributed by atoms with Gasteiger partial charge in [0.25, 0.3) is 5.91 Å². The first-order chi connectivity index (χ1) is 8.45. The highest BCUT2D eigenvalue weighted by atomic mass is 19.1. The first kappa shape index (κ1) is 14.2. The van der Waals surface area contributed by atoms with Gasteiger partial charge in [-0.1, -0.05) is 19.4 Å². The van der Waals surface area contributed by atoms with E-state index in [0.29, 0.717) is 18.4 Å². The fourth-order valence-corrected chi connectivity index (χ4v) is 1.62. The van der Waals surface area contributed by atoms with Gasteiger partial charge < -0.3 is 10.4 Å². The summed E-state index contributed by atoms with van der Waals surface area (Å²) >= 11 is 0. The molecule has 0 heterocycles. The van der Waals surface area contributed by atoms with E-state index in [1.54, 1.807) is 6.92 Å². The average molecular weight is 253 g/mol. The number of aryl methyl sites for hydroxylation is 1. The average Bonchev–Trinajstić information content (AvgIpc) is 2.31. The number of halogens is 1. The molecule has 0 aliphatic heterocycles. The van der Waals surface area contributed by atoms with E-state index in [4.69, 9.17) is 5.11 Å². The largest absolute Gasteiger partial charge is 0.480 e. The topological polar surface area (TPSA) is 66.4 Å². The molecule has 2 N–H and O–H groups in total. The van der Waals surface area contributed by atoms with E-state index in [-0.39, 0.29) is 5.56 Å². The van der Waals surface area contributed by atoms with Gasteiger partial charge in [0.2, 0.25) is 0 Å². The molecular formula is C13H16FNO3. The smallest absolute Gasteiger partial charge is 0.326 e. The van der Waals surface area contributed by atoms with Crippen LogP contribution >= 0.6 is 0 Å². The van der Waals surface area contributed by atoms with Gasteiger partial charge in [0.05, 0.1) is 0 Å². The van der Waals surface area contributed by atoms with Crippen LogP contribution < -0.4 is 5.32 Å². The van der Waals surface area contributed by atoms with E-state index in [0.717, 1.165) is 6.07 Å². The highest BCUT2D eigenvalue weighted by Crippen LogP contribution is 2.11. The number of nitrogens with one attached hydrogen (secondary N) is 1. The molecule has 0 unspecified atom stereocenters. The molecule has 0 bridgehead atoms. The molecule has 0 aliphatic rings. The number of carbonyl (C=O) groups is 2. The minimum absolute atomic E-state index is 0.164. The minimum Gasteiger partial charge on any atom is -0.480 e. The monoisotopic (exact) mass is 253 g/mol. The van der Waals surface area contributed by atoms with Gasteiger partial charge in [-0.2, -0.15) is 0 Å². The van der Waals surface area contributed by atoms with Crippen LogP contribution in [0, 0.1) is 12.7 Å². The number of hydrogen-bond donors (Lipinski definition) is 2. The van der Waals surface area contributed by atoms with Crippen molar-refractivity contribution in [2.24, 2.45) is 0 Å². The van der Waals surface area contributed by atoms with E-state index in [2.05, 4.69) is 5.32 Å². The Morgan fingerprint density at radius 3 is 2.67 bits per heavy atom. The molecule has 0 saturated heterocycles. The van der Waals surface area contributed by atoms with Crippen LogP contribution in [0.15, 0.2) is 18.2 Å². The van der Waals surface area contributed by atoms with Crippen LogP contribution in [-0.2, 0) is 4.79 Å². The van der Waals surface area contributed by atoms with Gasteiger partial charge in [-0.25, -0.2) is 9.18 Å². The number of rotatable bonds is 5. The summed E-state index contributed by atoms with van der Waals surface area (Å²) in [5, 5.41) is 11.3. The number of carbonyl (C=O) groups excluding carboxylic acids is 1. The Morgan fingerprint density at radius 1 is 1.44 bits per heavy atom. The van der Waals surface area contributed by atoms with E-state index >= 15 is 0 Å².